The maximum Gasteiger partial charge on any atom is 0.415 e. The van der Waals surface area contributed by atoms with Crippen LogP contribution in [0.1, 0.15) is 33.1 Å². The quantitative estimate of drug-likeness (QED) is 0.531. The molecule has 0 aliphatic carbocycles. The molecule has 0 aromatic heterocycles. The summed E-state index contributed by atoms with van der Waals surface area (Å²) in [5.41, 5.74) is 1.10. The van der Waals surface area contributed by atoms with Crippen molar-refractivity contribution in [2.45, 2.75) is 33.1 Å². The molecule has 1 heterocycles. The Labute approximate surface area is 148 Å². The number of likely N-dealkylation sites (tertiary alicyclic amines) is 1. The van der Waals surface area contributed by atoms with Crippen molar-refractivity contribution < 1.29 is 9.53 Å². The van der Waals surface area contributed by atoms with Gasteiger partial charge in [-0.25, -0.2) is 4.79 Å². The van der Waals surface area contributed by atoms with Gasteiger partial charge in [0.1, 0.15) is 5.75 Å². The molecule has 1 saturated heterocycles. The number of piperidine rings is 1. The highest BCUT2D eigenvalue weighted by Gasteiger charge is 2.18. The van der Waals surface area contributed by atoms with Gasteiger partial charge in [-0.2, -0.15) is 0 Å². The Hall–Kier alpha value is -0.980. The molecule has 22 heavy (non-hydrogen) atoms. The predicted octanol–water partition coefficient (Wildman–Crippen LogP) is 4.57. The van der Waals surface area contributed by atoms with Gasteiger partial charge >= 0.3 is 6.09 Å². The number of hydrogen-bond donors (Lipinski definition) is 0. The van der Waals surface area contributed by atoms with Crippen LogP contribution in [0.3, 0.4) is 0 Å². The molecule has 1 aliphatic rings. The Morgan fingerprint density at radius 2 is 1.82 bits per heavy atom. The van der Waals surface area contributed by atoms with E-state index in [1.807, 2.05) is 29.2 Å². The highest BCUT2D eigenvalue weighted by Crippen LogP contribution is 2.22. The number of ether oxygens (including phenoxy) is 1. The minimum Gasteiger partial charge on any atom is -0.410 e. The zero-order valence-corrected chi connectivity index (χ0v) is 16.0. The molecule has 1 amide bonds. The second-order valence-electron chi connectivity index (χ2n) is 5.09. The number of benzene rings is 1. The van der Waals surface area contributed by atoms with Crippen molar-refractivity contribution in [3.05, 3.63) is 24.3 Å². The van der Waals surface area contributed by atoms with E-state index in [2.05, 4.69) is 41.3 Å². The monoisotopic (exact) mass is 418 g/mol. The summed E-state index contributed by atoms with van der Waals surface area (Å²) >= 11 is 2.15. The van der Waals surface area contributed by atoms with Gasteiger partial charge in [0, 0.05) is 37.9 Å². The van der Waals surface area contributed by atoms with Crippen LogP contribution < -0.4 is 9.64 Å². The number of carbonyl (C=O) groups is 1. The molecule has 0 atom stereocenters. The lowest BCUT2D eigenvalue weighted by molar-refractivity contribution is 0.142. The van der Waals surface area contributed by atoms with Crippen LogP contribution in [0.5, 0.6) is 5.75 Å². The number of rotatable bonds is 4. The van der Waals surface area contributed by atoms with Crippen molar-refractivity contribution >= 4 is 34.4 Å². The standard InChI is InChI=1S/C16H24N2O2.CH3I/c1-3-17(4-2)14-9-8-10-15(13-14)20-16(19)18-11-6-5-7-12-18;1-2/h8-10,13H,3-7,11-12H2,1-2H3;1H3. The molecule has 4 nitrogen and oxygen atoms in total. The van der Waals surface area contributed by atoms with Crippen LogP contribution in [0.15, 0.2) is 24.3 Å². The van der Waals surface area contributed by atoms with Crippen molar-refractivity contribution in [2.24, 2.45) is 0 Å². The molecule has 1 fully saturated rings. The molecule has 5 heteroatoms. The zero-order chi connectivity index (χ0) is 16.4. The van der Waals surface area contributed by atoms with Crippen molar-refractivity contribution in [3.63, 3.8) is 0 Å². The molecule has 2 rings (SSSR count). The molecule has 0 spiro atoms. The smallest absolute Gasteiger partial charge is 0.410 e. The van der Waals surface area contributed by atoms with Crippen molar-refractivity contribution in [1.29, 1.82) is 0 Å². The maximum atomic E-state index is 12.1. The van der Waals surface area contributed by atoms with E-state index in [1.165, 1.54) is 6.42 Å². The molecule has 0 saturated carbocycles. The third-order valence-corrected chi connectivity index (χ3v) is 3.77. The molecular formula is C17H27IN2O2. The predicted molar refractivity (Wildman–Crippen MR) is 101 cm³/mol. The van der Waals surface area contributed by atoms with Crippen LogP contribution in [-0.4, -0.2) is 42.1 Å². The number of alkyl halides is 1. The Morgan fingerprint density at radius 3 is 2.41 bits per heavy atom. The summed E-state index contributed by atoms with van der Waals surface area (Å²) in [5.74, 6) is 0.630. The Balaban J connectivity index is 0.00000116. The first-order valence-electron chi connectivity index (χ1n) is 7.94. The van der Waals surface area contributed by atoms with Crippen LogP contribution in [0.25, 0.3) is 0 Å². The van der Waals surface area contributed by atoms with E-state index in [0.29, 0.717) is 5.75 Å². The summed E-state index contributed by atoms with van der Waals surface area (Å²) in [7, 11) is 0. The first kappa shape index (κ1) is 19.1. The summed E-state index contributed by atoms with van der Waals surface area (Å²) < 4.78 is 5.49. The van der Waals surface area contributed by atoms with E-state index in [-0.39, 0.29) is 6.09 Å². The number of nitrogens with zero attached hydrogens (tertiary/aromatic N) is 2. The lowest BCUT2D eigenvalue weighted by Gasteiger charge is -2.26. The van der Waals surface area contributed by atoms with Crippen LogP contribution in [0, 0.1) is 0 Å². The molecule has 0 radical (unpaired) electrons. The van der Waals surface area contributed by atoms with Crippen molar-refractivity contribution in [2.75, 3.05) is 36.0 Å². The second kappa shape index (κ2) is 10.7. The van der Waals surface area contributed by atoms with E-state index in [4.69, 9.17) is 4.74 Å². The summed E-state index contributed by atoms with van der Waals surface area (Å²) in [6.07, 6.45) is 3.14. The summed E-state index contributed by atoms with van der Waals surface area (Å²) in [6, 6.07) is 7.77. The summed E-state index contributed by atoms with van der Waals surface area (Å²) in [6.45, 7) is 7.76. The van der Waals surface area contributed by atoms with Gasteiger partial charge in [-0.3, -0.25) is 0 Å². The minimum absolute atomic E-state index is 0.221. The van der Waals surface area contributed by atoms with Gasteiger partial charge in [-0.15, -0.1) is 0 Å². The molecule has 0 bridgehead atoms. The molecule has 1 aliphatic heterocycles. The van der Waals surface area contributed by atoms with Crippen LogP contribution in [0.2, 0.25) is 0 Å². The second-order valence-corrected chi connectivity index (χ2v) is 5.09. The number of halogens is 1. The van der Waals surface area contributed by atoms with Gasteiger partial charge < -0.3 is 14.5 Å². The number of amides is 1. The van der Waals surface area contributed by atoms with E-state index in [0.717, 1.165) is 44.7 Å². The fraction of sp³-hybridized carbons (Fsp3) is 0.588. The number of hydrogen-bond acceptors (Lipinski definition) is 3. The Kier molecular flexibility index (Phi) is 9.27. The zero-order valence-electron chi connectivity index (χ0n) is 13.8. The first-order chi connectivity index (χ1) is 10.7. The normalized spacial score (nSPS) is 13.9. The van der Waals surface area contributed by atoms with E-state index >= 15 is 0 Å². The van der Waals surface area contributed by atoms with Crippen LogP contribution >= 0.6 is 22.6 Å². The van der Waals surface area contributed by atoms with Gasteiger partial charge in [0.05, 0.1) is 0 Å². The third-order valence-electron chi connectivity index (χ3n) is 3.77. The lowest BCUT2D eigenvalue weighted by Crippen LogP contribution is -2.37. The average Bonchev–Trinajstić information content (AvgIpc) is 2.59. The Bertz CT molecular complexity index is 444. The molecule has 0 unspecified atom stereocenters. The van der Waals surface area contributed by atoms with Gasteiger partial charge in [-0.05, 0) is 50.2 Å². The summed E-state index contributed by atoms with van der Waals surface area (Å²) in [5, 5.41) is 0. The summed E-state index contributed by atoms with van der Waals surface area (Å²) in [4.78, 5) is 18.1. The van der Waals surface area contributed by atoms with Gasteiger partial charge in [0.2, 0.25) is 0 Å². The van der Waals surface area contributed by atoms with E-state index in [9.17, 15) is 4.79 Å². The van der Waals surface area contributed by atoms with E-state index in [1.54, 1.807) is 4.90 Å². The number of carbonyl (C=O) groups excluding carboxylic acids is 1. The topological polar surface area (TPSA) is 32.8 Å². The molecule has 124 valence electrons. The lowest BCUT2D eigenvalue weighted by atomic mass is 10.1. The highest BCUT2D eigenvalue weighted by molar-refractivity contribution is 14.1. The van der Waals surface area contributed by atoms with Crippen molar-refractivity contribution in [1.82, 2.24) is 4.90 Å². The molecule has 1 aromatic rings. The van der Waals surface area contributed by atoms with Crippen LogP contribution in [-0.2, 0) is 0 Å². The fourth-order valence-electron chi connectivity index (χ4n) is 2.57. The van der Waals surface area contributed by atoms with Gasteiger partial charge in [0.25, 0.3) is 0 Å². The Morgan fingerprint density at radius 1 is 1.18 bits per heavy atom. The van der Waals surface area contributed by atoms with Gasteiger partial charge in [-0.1, -0.05) is 28.7 Å². The number of anilines is 1. The molecule has 1 aromatic carbocycles. The maximum absolute atomic E-state index is 12.1. The highest BCUT2D eigenvalue weighted by atomic mass is 127. The molecular weight excluding hydrogens is 391 g/mol. The minimum atomic E-state index is -0.221. The SMILES string of the molecule is CCN(CC)c1cccc(OC(=O)N2CCCCC2)c1.CI. The van der Waals surface area contributed by atoms with E-state index < -0.39 is 0 Å². The molecule has 0 N–H and O–H groups in total. The van der Waals surface area contributed by atoms with Gasteiger partial charge in [0.15, 0.2) is 0 Å². The third kappa shape index (κ3) is 5.66. The van der Waals surface area contributed by atoms with Crippen molar-refractivity contribution in [3.8, 4) is 5.75 Å². The fourth-order valence-corrected chi connectivity index (χ4v) is 2.57. The average molecular weight is 418 g/mol. The van der Waals surface area contributed by atoms with Crippen LogP contribution in [0.4, 0.5) is 10.5 Å². The largest absolute Gasteiger partial charge is 0.415 e. The first-order valence-corrected chi connectivity index (χ1v) is 10.1.